The maximum Gasteiger partial charge on any atom is 0.222 e. The van der Waals surface area contributed by atoms with E-state index in [2.05, 4.69) is 5.32 Å². The zero-order valence-corrected chi connectivity index (χ0v) is 9.22. The highest BCUT2D eigenvalue weighted by Gasteiger charge is 2.14. The van der Waals surface area contributed by atoms with Crippen LogP contribution in [-0.2, 0) is 4.79 Å². The van der Waals surface area contributed by atoms with Crippen molar-refractivity contribution in [3.63, 3.8) is 0 Å². The molecule has 1 saturated heterocycles. The van der Waals surface area contributed by atoms with Gasteiger partial charge >= 0.3 is 0 Å². The molecular formula is C11H22N2O. The third kappa shape index (κ3) is 4.09. The lowest BCUT2D eigenvalue weighted by molar-refractivity contribution is -0.131. The molecule has 1 rings (SSSR count). The van der Waals surface area contributed by atoms with Crippen LogP contribution in [0, 0.1) is 0 Å². The van der Waals surface area contributed by atoms with Crippen LogP contribution in [0.5, 0.6) is 0 Å². The van der Waals surface area contributed by atoms with E-state index in [1.165, 1.54) is 19.3 Å². The van der Waals surface area contributed by atoms with Crippen LogP contribution in [0.4, 0.5) is 0 Å². The van der Waals surface area contributed by atoms with Crippen molar-refractivity contribution < 1.29 is 4.79 Å². The number of carbonyl (C=O) groups is 1. The van der Waals surface area contributed by atoms with Crippen molar-refractivity contribution in [1.82, 2.24) is 10.2 Å². The van der Waals surface area contributed by atoms with Crippen LogP contribution in [0.2, 0.25) is 0 Å². The van der Waals surface area contributed by atoms with Gasteiger partial charge in [0.25, 0.3) is 0 Å². The summed E-state index contributed by atoms with van der Waals surface area (Å²) >= 11 is 0. The third-order valence-electron chi connectivity index (χ3n) is 2.78. The van der Waals surface area contributed by atoms with Gasteiger partial charge in [0, 0.05) is 19.5 Å². The van der Waals surface area contributed by atoms with Gasteiger partial charge in [0.15, 0.2) is 0 Å². The number of likely N-dealkylation sites (tertiary alicyclic amines) is 1. The molecule has 1 aliphatic heterocycles. The maximum atomic E-state index is 11.7. The van der Waals surface area contributed by atoms with Crippen LogP contribution < -0.4 is 5.32 Å². The number of rotatable bonds is 4. The van der Waals surface area contributed by atoms with E-state index in [1.54, 1.807) is 0 Å². The summed E-state index contributed by atoms with van der Waals surface area (Å²) in [6.45, 7) is 2.91. The minimum absolute atomic E-state index is 0.362. The van der Waals surface area contributed by atoms with Crippen LogP contribution in [0.1, 0.15) is 38.5 Å². The highest BCUT2D eigenvalue weighted by Crippen LogP contribution is 2.11. The molecule has 0 saturated carbocycles. The Balaban J connectivity index is 2.26. The van der Waals surface area contributed by atoms with E-state index < -0.39 is 0 Å². The predicted octanol–water partition coefficient (Wildman–Crippen LogP) is 1.39. The van der Waals surface area contributed by atoms with Gasteiger partial charge in [-0.15, -0.1) is 0 Å². The zero-order valence-electron chi connectivity index (χ0n) is 9.22. The standard InChI is InChI=1S/C11H22N2O/c1-12-8-6-10-13-9-5-3-2-4-7-11(13)14/h12H,2-10H2,1H3. The van der Waals surface area contributed by atoms with E-state index in [1.807, 2.05) is 11.9 Å². The predicted molar refractivity (Wildman–Crippen MR) is 58.2 cm³/mol. The fraction of sp³-hybridized carbons (Fsp3) is 0.909. The van der Waals surface area contributed by atoms with Crippen molar-refractivity contribution in [2.75, 3.05) is 26.7 Å². The van der Waals surface area contributed by atoms with Crippen molar-refractivity contribution >= 4 is 5.91 Å². The largest absolute Gasteiger partial charge is 0.343 e. The molecule has 1 aliphatic rings. The van der Waals surface area contributed by atoms with Gasteiger partial charge < -0.3 is 10.2 Å². The highest BCUT2D eigenvalue weighted by molar-refractivity contribution is 5.76. The molecule has 3 heteroatoms. The number of hydrogen-bond acceptors (Lipinski definition) is 2. The van der Waals surface area contributed by atoms with Crippen LogP contribution >= 0.6 is 0 Å². The SMILES string of the molecule is CNCCCN1CCCCCCC1=O. The van der Waals surface area contributed by atoms with Crippen molar-refractivity contribution in [3.8, 4) is 0 Å². The number of nitrogens with zero attached hydrogens (tertiary/aromatic N) is 1. The van der Waals surface area contributed by atoms with Crippen LogP contribution in [0.3, 0.4) is 0 Å². The second kappa shape index (κ2) is 6.82. The molecule has 1 amide bonds. The number of nitrogens with one attached hydrogen (secondary N) is 1. The van der Waals surface area contributed by atoms with Gasteiger partial charge in [-0.05, 0) is 32.9 Å². The Labute approximate surface area is 86.9 Å². The molecule has 1 N–H and O–H groups in total. The van der Waals surface area contributed by atoms with Gasteiger partial charge in [-0.25, -0.2) is 0 Å². The Morgan fingerprint density at radius 3 is 2.86 bits per heavy atom. The summed E-state index contributed by atoms with van der Waals surface area (Å²) in [6.07, 6.45) is 6.63. The second-order valence-corrected chi connectivity index (χ2v) is 4.00. The fourth-order valence-corrected chi connectivity index (χ4v) is 1.90. The minimum Gasteiger partial charge on any atom is -0.343 e. The Kier molecular flexibility index (Phi) is 5.60. The van der Waals surface area contributed by atoms with Gasteiger partial charge in [-0.2, -0.15) is 0 Å². The molecule has 1 fully saturated rings. The fourth-order valence-electron chi connectivity index (χ4n) is 1.90. The molecule has 0 unspecified atom stereocenters. The lowest BCUT2D eigenvalue weighted by Crippen LogP contribution is -2.34. The first-order valence-corrected chi connectivity index (χ1v) is 5.77. The number of hydrogen-bond donors (Lipinski definition) is 1. The normalized spacial score (nSPS) is 19.2. The summed E-state index contributed by atoms with van der Waals surface area (Å²) in [5.74, 6) is 0.362. The summed E-state index contributed by atoms with van der Waals surface area (Å²) in [7, 11) is 1.95. The third-order valence-corrected chi connectivity index (χ3v) is 2.78. The minimum atomic E-state index is 0.362. The van der Waals surface area contributed by atoms with Gasteiger partial charge in [-0.1, -0.05) is 12.8 Å². The number of amides is 1. The molecule has 3 nitrogen and oxygen atoms in total. The average molecular weight is 198 g/mol. The molecule has 82 valence electrons. The van der Waals surface area contributed by atoms with Gasteiger partial charge in [0.2, 0.25) is 5.91 Å². The van der Waals surface area contributed by atoms with E-state index in [0.29, 0.717) is 5.91 Å². The molecule has 0 atom stereocenters. The summed E-state index contributed by atoms with van der Waals surface area (Å²) in [4.78, 5) is 13.7. The maximum absolute atomic E-state index is 11.7. The Morgan fingerprint density at radius 1 is 1.29 bits per heavy atom. The summed E-state index contributed by atoms with van der Waals surface area (Å²) < 4.78 is 0. The molecule has 0 spiro atoms. The average Bonchev–Trinajstić information content (AvgIpc) is 2.17. The highest BCUT2D eigenvalue weighted by atomic mass is 16.2. The molecule has 0 aromatic heterocycles. The zero-order chi connectivity index (χ0) is 10.2. The second-order valence-electron chi connectivity index (χ2n) is 4.00. The van der Waals surface area contributed by atoms with Gasteiger partial charge in [-0.3, -0.25) is 4.79 Å². The van der Waals surface area contributed by atoms with E-state index in [0.717, 1.165) is 38.9 Å². The molecule has 0 aromatic rings. The van der Waals surface area contributed by atoms with Crippen molar-refractivity contribution in [1.29, 1.82) is 0 Å². The lowest BCUT2D eigenvalue weighted by Gasteiger charge is -2.24. The molecule has 0 radical (unpaired) electrons. The molecule has 0 aliphatic carbocycles. The summed E-state index contributed by atoms with van der Waals surface area (Å²) in [5, 5.41) is 3.11. The van der Waals surface area contributed by atoms with E-state index in [4.69, 9.17) is 0 Å². The molecular weight excluding hydrogens is 176 g/mol. The first kappa shape index (κ1) is 11.5. The molecule has 0 aromatic carbocycles. The van der Waals surface area contributed by atoms with Crippen LogP contribution in [0.25, 0.3) is 0 Å². The molecule has 0 bridgehead atoms. The summed E-state index contributed by atoms with van der Waals surface area (Å²) in [6, 6.07) is 0. The van der Waals surface area contributed by atoms with Crippen molar-refractivity contribution in [3.05, 3.63) is 0 Å². The topological polar surface area (TPSA) is 32.3 Å². The van der Waals surface area contributed by atoms with E-state index in [9.17, 15) is 4.79 Å². The first-order valence-electron chi connectivity index (χ1n) is 5.77. The Morgan fingerprint density at radius 2 is 2.07 bits per heavy atom. The lowest BCUT2D eigenvalue weighted by atomic mass is 10.1. The number of carbonyl (C=O) groups excluding carboxylic acids is 1. The van der Waals surface area contributed by atoms with Gasteiger partial charge in [0.05, 0.1) is 0 Å². The monoisotopic (exact) mass is 198 g/mol. The van der Waals surface area contributed by atoms with E-state index >= 15 is 0 Å². The van der Waals surface area contributed by atoms with Crippen molar-refractivity contribution in [2.24, 2.45) is 0 Å². The van der Waals surface area contributed by atoms with Gasteiger partial charge in [0.1, 0.15) is 0 Å². The Bertz CT molecular complexity index is 171. The smallest absolute Gasteiger partial charge is 0.222 e. The quantitative estimate of drug-likeness (QED) is 0.692. The van der Waals surface area contributed by atoms with Crippen molar-refractivity contribution in [2.45, 2.75) is 38.5 Å². The van der Waals surface area contributed by atoms with Crippen LogP contribution in [0.15, 0.2) is 0 Å². The Hall–Kier alpha value is -0.570. The van der Waals surface area contributed by atoms with Crippen LogP contribution in [-0.4, -0.2) is 37.5 Å². The first-order chi connectivity index (χ1) is 6.84. The molecule has 1 heterocycles. The molecule has 14 heavy (non-hydrogen) atoms. The van der Waals surface area contributed by atoms with E-state index in [-0.39, 0.29) is 0 Å². The summed E-state index contributed by atoms with van der Waals surface area (Å²) in [5.41, 5.74) is 0.